The molecule has 0 aliphatic carbocycles. The molecule has 0 unspecified atom stereocenters. The molecule has 0 saturated heterocycles. The van der Waals surface area contributed by atoms with Gasteiger partial charge in [-0.3, -0.25) is 14.8 Å². The Morgan fingerprint density at radius 2 is 1.65 bits per heavy atom. The number of hydrogen-bond donors (Lipinski definition) is 1. The van der Waals surface area contributed by atoms with Crippen molar-refractivity contribution in [2.24, 2.45) is 5.41 Å². The van der Waals surface area contributed by atoms with E-state index in [1.165, 1.54) is 0 Å². The summed E-state index contributed by atoms with van der Waals surface area (Å²) in [7, 11) is 0. The van der Waals surface area contributed by atoms with Crippen LogP contribution in [0.25, 0.3) is 5.57 Å². The number of rotatable bonds is 3. The average Bonchev–Trinajstić information content (AvgIpc) is 2.59. The monoisotopic (exact) mass is 359 g/mol. The molecule has 142 valence electrons. The molecule has 26 heavy (non-hydrogen) atoms. The van der Waals surface area contributed by atoms with Crippen molar-refractivity contribution in [3.63, 3.8) is 0 Å². The molecule has 1 aliphatic rings. The summed E-state index contributed by atoms with van der Waals surface area (Å²) in [6, 6.07) is 3.95. The van der Waals surface area contributed by atoms with Crippen molar-refractivity contribution in [2.45, 2.75) is 67.3 Å². The van der Waals surface area contributed by atoms with Crippen molar-refractivity contribution >= 4 is 17.4 Å². The summed E-state index contributed by atoms with van der Waals surface area (Å²) in [5, 5.41) is 11.0. The van der Waals surface area contributed by atoms with Crippen LogP contribution in [0, 0.1) is 26.2 Å². The maximum absolute atomic E-state index is 12.8. The van der Waals surface area contributed by atoms with E-state index >= 15 is 0 Å². The van der Waals surface area contributed by atoms with E-state index in [1.807, 2.05) is 53.7 Å². The molecule has 0 saturated carbocycles. The Labute approximate surface area is 155 Å². The molecule has 1 heterocycles. The fraction of sp³-hybridized carbons (Fsp3) is 0.524. The highest BCUT2D eigenvalue weighted by Gasteiger charge is 2.49. The first-order valence-corrected chi connectivity index (χ1v) is 8.83. The van der Waals surface area contributed by atoms with Gasteiger partial charge in [-0.25, -0.2) is 5.06 Å². The van der Waals surface area contributed by atoms with Crippen LogP contribution in [0.2, 0.25) is 0 Å². The van der Waals surface area contributed by atoms with Crippen LogP contribution in [0.15, 0.2) is 17.9 Å². The molecule has 1 amide bonds. The lowest BCUT2D eigenvalue weighted by Gasteiger charge is -2.28. The average molecular weight is 359 g/mol. The second kappa shape index (κ2) is 6.54. The molecule has 2 rings (SSSR count). The molecular formula is C21H29NO4. The summed E-state index contributed by atoms with van der Waals surface area (Å²) in [6.45, 7) is 15.0. The molecule has 0 atom stereocenters. The number of esters is 1. The van der Waals surface area contributed by atoms with Crippen LogP contribution in [-0.4, -0.2) is 27.7 Å². The molecule has 1 aromatic rings. The third-order valence-electron chi connectivity index (χ3n) is 4.54. The molecule has 0 bridgehead atoms. The number of carbonyl (C=O) groups is 2. The normalized spacial score (nSPS) is 17.1. The summed E-state index contributed by atoms with van der Waals surface area (Å²) in [5.41, 5.74) is 2.51. The number of aryl methyl sites for hydroxylation is 3. The SMILES string of the molecule is Cc1cc(C)c(C2=C(OC(=O)CC(C)(C)C)C(C)(C)N(O)C2=O)c(C)c1. The lowest BCUT2D eigenvalue weighted by atomic mass is 9.91. The van der Waals surface area contributed by atoms with Crippen molar-refractivity contribution in [3.8, 4) is 0 Å². The summed E-state index contributed by atoms with van der Waals surface area (Å²) < 4.78 is 5.67. The molecule has 0 spiro atoms. The van der Waals surface area contributed by atoms with Gasteiger partial charge in [-0.1, -0.05) is 38.5 Å². The summed E-state index contributed by atoms with van der Waals surface area (Å²) in [6.07, 6.45) is 0.214. The van der Waals surface area contributed by atoms with Gasteiger partial charge >= 0.3 is 5.97 Å². The second-order valence-corrected chi connectivity index (χ2v) is 8.87. The fourth-order valence-corrected chi connectivity index (χ4v) is 3.41. The van der Waals surface area contributed by atoms with Gasteiger partial charge in [0.25, 0.3) is 5.91 Å². The van der Waals surface area contributed by atoms with Gasteiger partial charge in [0, 0.05) is 0 Å². The molecule has 5 nitrogen and oxygen atoms in total. The van der Waals surface area contributed by atoms with Gasteiger partial charge in [0.2, 0.25) is 0 Å². The van der Waals surface area contributed by atoms with Gasteiger partial charge in [0.15, 0.2) is 0 Å². The van der Waals surface area contributed by atoms with Gasteiger partial charge in [0.05, 0.1) is 12.0 Å². The second-order valence-electron chi connectivity index (χ2n) is 8.87. The van der Waals surface area contributed by atoms with Crippen molar-refractivity contribution in [1.82, 2.24) is 5.06 Å². The number of carbonyl (C=O) groups excluding carboxylic acids is 2. The molecule has 0 aromatic heterocycles. The Bertz CT molecular complexity index is 774. The van der Waals surface area contributed by atoms with E-state index in [1.54, 1.807) is 13.8 Å². The van der Waals surface area contributed by atoms with Crippen molar-refractivity contribution < 1.29 is 19.5 Å². The van der Waals surface area contributed by atoms with E-state index in [9.17, 15) is 14.8 Å². The smallest absolute Gasteiger partial charge is 0.311 e. The minimum absolute atomic E-state index is 0.203. The van der Waals surface area contributed by atoms with E-state index < -0.39 is 17.4 Å². The Kier molecular flexibility index (Phi) is 5.08. The quantitative estimate of drug-likeness (QED) is 0.645. The highest BCUT2D eigenvalue weighted by molar-refractivity contribution is 6.23. The number of nitrogens with zero attached hydrogens (tertiary/aromatic N) is 1. The molecule has 1 aliphatic heterocycles. The van der Waals surface area contributed by atoms with E-state index in [4.69, 9.17) is 4.74 Å². The molecule has 1 N–H and O–H groups in total. The molecule has 1 aromatic carbocycles. The number of hydrogen-bond acceptors (Lipinski definition) is 4. The van der Waals surface area contributed by atoms with Gasteiger partial charge in [-0.15, -0.1) is 0 Å². The number of benzene rings is 1. The molecule has 5 heteroatoms. The van der Waals surface area contributed by atoms with Crippen molar-refractivity contribution in [2.75, 3.05) is 0 Å². The maximum Gasteiger partial charge on any atom is 0.311 e. The standard InChI is InChI=1S/C21H29NO4/c1-12-9-13(2)16(14(3)10-12)17-18(21(7,8)22(25)19(17)24)26-15(23)11-20(4,5)6/h9-10,25H,11H2,1-8H3. The molecule has 0 fully saturated rings. The van der Waals surface area contributed by atoms with Crippen molar-refractivity contribution in [3.05, 3.63) is 40.1 Å². The first kappa shape index (κ1) is 20.2. The minimum Gasteiger partial charge on any atom is -0.428 e. The zero-order chi connectivity index (χ0) is 20.0. The van der Waals surface area contributed by atoms with Crippen LogP contribution in [0.5, 0.6) is 0 Å². The van der Waals surface area contributed by atoms with E-state index in [2.05, 4.69) is 0 Å². The number of ether oxygens (including phenoxy) is 1. The Morgan fingerprint density at radius 3 is 2.12 bits per heavy atom. The zero-order valence-electron chi connectivity index (χ0n) is 17.0. The number of hydroxylamine groups is 2. The largest absolute Gasteiger partial charge is 0.428 e. The lowest BCUT2D eigenvalue weighted by molar-refractivity contribution is -0.177. The summed E-state index contributed by atoms with van der Waals surface area (Å²) in [5.74, 6) is -0.762. The van der Waals surface area contributed by atoms with Crippen LogP contribution < -0.4 is 0 Å². The Hall–Kier alpha value is -2.14. The van der Waals surface area contributed by atoms with E-state index in [-0.39, 0.29) is 23.2 Å². The van der Waals surface area contributed by atoms with Gasteiger partial charge < -0.3 is 4.74 Å². The molecular weight excluding hydrogens is 330 g/mol. The third kappa shape index (κ3) is 3.68. The first-order chi connectivity index (χ1) is 11.8. The highest BCUT2D eigenvalue weighted by Crippen LogP contribution is 2.42. The van der Waals surface area contributed by atoms with Crippen LogP contribution in [-0.2, 0) is 14.3 Å². The van der Waals surface area contributed by atoms with Crippen LogP contribution in [0.4, 0.5) is 0 Å². The summed E-state index contributed by atoms with van der Waals surface area (Å²) >= 11 is 0. The van der Waals surface area contributed by atoms with Crippen LogP contribution >= 0.6 is 0 Å². The van der Waals surface area contributed by atoms with Gasteiger partial charge in [0.1, 0.15) is 11.3 Å². The van der Waals surface area contributed by atoms with Gasteiger partial charge in [-0.2, -0.15) is 0 Å². The first-order valence-electron chi connectivity index (χ1n) is 8.83. The lowest BCUT2D eigenvalue weighted by Crippen LogP contribution is -2.41. The summed E-state index contributed by atoms with van der Waals surface area (Å²) in [4.78, 5) is 25.3. The minimum atomic E-state index is -1.12. The Balaban J connectivity index is 2.63. The molecule has 0 radical (unpaired) electrons. The maximum atomic E-state index is 12.8. The van der Waals surface area contributed by atoms with Crippen molar-refractivity contribution in [1.29, 1.82) is 0 Å². The van der Waals surface area contributed by atoms with Crippen LogP contribution in [0.3, 0.4) is 0 Å². The predicted molar refractivity (Wildman–Crippen MR) is 100 cm³/mol. The number of amides is 1. The van der Waals surface area contributed by atoms with E-state index in [0.29, 0.717) is 10.6 Å². The van der Waals surface area contributed by atoms with E-state index in [0.717, 1.165) is 16.7 Å². The predicted octanol–water partition coefficient (Wildman–Crippen LogP) is 4.31. The van der Waals surface area contributed by atoms with Crippen LogP contribution in [0.1, 0.15) is 63.3 Å². The highest BCUT2D eigenvalue weighted by atomic mass is 16.6. The van der Waals surface area contributed by atoms with Gasteiger partial charge in [-0.05, 0) is 56.7 Å². The fourth-order valence-electron chi connectivity index (χ4n) is 3.41. The topological polar surface area (TPSA) is 66.8 Å². The Morgan fingerprint density at radius 1 is 1.15 bits per heavy atom. The third-order valence-corrected chi connectivity index (χ3v) is 4.54. The zero-order valence-corrected chi connectivity index (χ0v) is 17.0.